The molecule has 1 aromatic carbocycles. The monoisotopic (exact) mass is 376 g/mol. The Morgan fingerprint density at radius 3 is 2.52 bits per heavy atom. The summed E-state index contributed by atoms with van der Waals surface area (Å²) in [6, 6.07) is 6.85. The molecule has 0 amide bonds. The number of anilines is 1. The fourth-order valence-corrected chi connectivity index (χ4v) is 4.57. The van der Waals surface area contributed by atoms with E-state index in [0.717, 1.165) is 33.0 Å². The van der Waals surface area contributed by atoms with E-state index in [2.05, 4.69) is 25.4 Å². The number of benzene rings is 1. The number of aromatic nitrogens is 2. The lowest BCUT2D eigenvalue weighted by atomic mass is 10.2. The third kappa shape index (κ3) is 3.81. The molecule has 6 nitrogen and oxygen atoms in total. The van der Waals surface area contributed by atoms with Crippen molar-refractivity contribution in [3.8, 4) is 0 Å². The van der Waals surface area contributed by atoms with E-state index in [1.54, 1.807) is 30.4 Å². The molecule has 2 aromatic heterocycles. The van der Waals surface area contributed by atoms with Gasteiger partial charge in [0.15, 0.2) is 0 Å². The molecule has 0 saturated heterocycles. The molecule has 0 spiro atoms. The number of thiophene rings is 1. The molecular formula is C17H20N4O2S2. The van der Waals surface area contributed by atoms with Crippen LogP contribution in [0.1, 0.15) is 23.9 Å². The van der Waals surface area contributed by atoms with Gasteiger partial charge < -0.3 is 5.32 Å². The van der Waals surface area contributed by atoms with Crippen molar-refractivity contribution in [3.05, 3.63) is 46.6 Å². The highest BCUT2D eigenvalue weighted by atomic mass is 32.2. The highest BCUT2D eigenvalue weighted by Crippen LogP contribution is 2.29. The summed E-state index contributed by atoms with van der Waals surface area (Å²) in [6.07, 6.45) is 0. The first kappa shape index (κ1) is 17.8. The van der Waals surface area contributed by atoms with Crippen molar-refractivity contribution in [2.45, 2.75) is 32.2 Å². The molecule has 0 saturated carbocycles. The van der Waals surface area contributed by atoms with Crippen LogP contribution in [0.25, 0.3) is 10.2 Å². The Hall–Kier alpha value is -2.03. The van der Waals surface area contributed by atoms with Crippen molar-refractivity contribution in [1.82, 2.24) is 14.7 Å². The third-order valence-corrected chi connectivity index (χ3v) is 6.31. The first-order valence-electron chi connectivity index (χ1n) is 7.95. The molecule has 8 heteroatoms. The van der Waals surface area contributed by atoms with E-state index < -0.39 is 10.0 Å². The first-order valence-corrected chi connectivity index (χ1v) is 10.3. The van der Waals surface area contributed by atoms with E-state index in [1.807, 2.05) is 26.0 Å². The molecule has 0 aliphatic heterocycles. The third-order valence-electron chi connectivity index (χ3n) is 3.76. The van der Waals surface area contributed by atoms with Crippen molar-refractivity contribution in [2.75, 3.05) is 11.9 Å². The SMILES string of the molecule is CCNS(=O)(=O)c1ccc(CNc2nc(C)nc3scc(C)c23)cc1. The van der Waals surface area contributed by atoms with Gasteiger partial charge in [-0.15, -0.1) is 11.3 Å². The van der Waals surface area contributed by atoms with Crippen LogP contribution in [0.5, 0.6) is 0 Å². The van der Waals surface area contributed by atoms with E-state index >= 15 is 0 Å². The second kappa shape index (κ2) is 7.07. The van der Waals surface area contributed by atoms with Crippen LogP contribution in [0.15, 0.2) is 34.5 Å². The average molecular weight is 377 g/mol. The normalized spacial score (nSPS) is 11.8. The number of fused-ring (bicyclic) bond motifs is 1. The zero-order valence-electron chi connectivity index (χ0n) is 14.3. The highest BCUT2D eigenvalue weighted by molar-refractivity contribution is 7.89. The second-order valence-corrected chi connectivity index (χ2v) is 8.34. The maximum atomic E-state index is 12.0. The minimum atomic E-state index is -3.42. The van der Waals surface area contributed by atoms with Gasteiger partial charge in [-0.05, 0) is 42.5 Å². The van der Waals surface area contributed by atoms with Crippen LogP contribution in [0.4, 0.5) is 5.82 Å². The molecule has 0 bridgehead atoms. The van der Waals surface area contributed by atoms with Crippen LogP contribution in [0, 0.1) is 13.8 Å². The molecule has 132 valence electrons. The largest absolute Gasteiger partial charge is 0.365 e. The quantitative estimate of drug-likeness (QED) is 0.690. The van der Waals surface area contributed by atoms with Crippen LogP contribution in [0.2, 0.25) is 0 Å². The van der Waals surface area contributed by atoms with Gasteiger partial charge >= 0.3 is 0 Å². The zero-order chi connectivity index (χ0) is 18.0. The van der Waals surface area contributed by atoms with Crippen molar-refractivity contribution in [3.63, 3.8) is 0 Å². The molecule has 0 fully saturated rings. The van der Waals surface area contributed by atoms with Gasteiger partial charge in [-0.3, -0.25) is 0 Å². The van der Waals surface area contributed by atoms with E-state index in [4.69, 9.17) is 0 Å². The van der Waals surface area contributed by atoms with Gasteiger partial charge in [0, 0.05) is 13.1 Å². The minimum Gasteiger partial charge on any atom is -0.365 e. The Bertz CT molecular complexity index is 995. The Labute approximate surface area is 151 Å². The van der Waals surface area contributed by atoms with Crippen LogP contribution < -0.4 is 10.0 Å². The lowest BCUT2D eigenvalue weighted by Gasteiger charge is -2.10. The molecule has 0 aliphatic rings. The Balaban J connectivity index is 1.80. The summed E-state index contributed by atoms with van der Waals surface area (Å²) >= 11 is 1.61. The molecule has 3 rings (SSSR count). The summed E-state index contributed by atoms with van der Waals surface area (Å²) in [5, 5.41) is 6.46. The maximum absolute atomic E-state index is 12.0. The Kier molecular flexibility index (Phi) is 5.03. The summed E-state index contributed by atoms with van der Waals surface area (Å²) in [6.45, 7) is 6.60. The molecule has 2 N–H and O–H groups in total. The van der Waals surface area contributed by atoms with Crippen LogP contribution >= 0.6 is 11.3 Å². The van der Waals surface area contributed by atoms with Crippen molar-refractivity contribution < 1.29 is 8.42 Å². The fourth-order valence-electron chi connectivity index (χ4n) is 2.56. The van der Waals surface area contributed by atoms with Gasteiger partial charge in [0.05, 0.1) is 10.3 Å². The van der Waals surface area contributed by atoms with E-state index in [-0.39, 0.29) is 4.90 Å². The highest BCUT2D eigenvalue weighted by Gasteiger charge is 2.13. The van der Waals surface area contributed by atoms with Crippen LogP contribution in [-0.4, -0.2) is 24.9 Å². The van der Waals surface area contributed by atoms with Gasteiger partial charge in [-0.1, -0.05) is 19.1 Å². The zero-order valence-corrected chi connectivity index (χ0v) is 16.0. The summed E-state index contributed by atoms with van der Waals surface area (Å²) in [5.74, 6) is 1.54. The predicted octanol–water partition coefficient (Wildman–Crippen LogP) is 3.22. The van der Waals surface area contributed by atoms with E-state index in [9.17, 15) is 8.42 Å². The molecule has 2 heterocycles. The predicted molar refractivity (Wildman–Crippen MR) is 102 cm³/mol. The van der Waals surface area contributed by atoms with Gasteiger partial charge in [-0.25, -0.2) is 23.1 Å². The van der Waals surface area contributed by atoms with Gasteiger partial charge in [0.1, 0.15) is 16.5 Å². The molecule has 0 atom stereocenters. The molecule has 0 unspecified atom stereocenters. The van der Waals surface area contributed by atoms with Crippen LogP contribution in [0.3, 0.4) is 0 Å². The van der Waals surface area contributed by atoms with Crippen molar-refractivity contribution >= 4 is 37.4 Å². The number of hydrogen-bond donors (Lipinski definition) is 2. The average Bonchev–Trinajstić information content (AvgIpc) is 2.94. The Morgan fingerprint density at radius 2 is 1.84 bits per heavy atom. The van der Waals surface area contributed by atoms with E-state index in [0.29, 0.717) is 13.1 Å². The number of nitrogens with one attached hydrogen (secondary N) is 2. The second-order valence-electron chi connectivity index (χ2n) is 5.72. The number of rotatable bonds is 6. The molecular weight excluding hydrogens is 356 g/mol. The fraction of sp³-hybridized carbons (Fsp3) is 0.294. The maximum Gasteiger partial charge on any atom is 0.240 e. The van der Waals surface area contributed by atoms with Gasteiger partial charge in [0.2, 0.25) is 10.0 Å². The van der Waals surface area contributed by atoms with E-state index in [1.165, 1.54) is 0 Å². The minimum absolute atomic E-state index is 0.270. The molecule has 0 aliphatic carbocycles. The van der Waals surface area contributed by atoms with Crippen LogP contribution in [-0.2, 0) is 16.6 Å². The number of hydrogen-bond acceptors (Lipinski definition) is 6. The first-order chi connectivity index (χ1) is 11.9. The summed E-state index contributed by atoms with van der Waals surface area (Å²) in [4.78, 5) is 10.2. The standard InChI is InChI=1S/C17H20N4O2S2/c1-4-19-25(22,23)14-7-5-13(6-8-14)9-18-16-15-11(2)10-24-17(15)21-12(3)20-16/h5-8,10,19H,4,9H2,1-3H3,(H,18,20,21). The Morgan fingerprint density at radius 1 is 1.12 bits per heavy atom. The van der Waals surface area contributed by atoms with Gasteiger partial charge in [-0.2, -0.15) is 0 Å². The smallest absolute Gasteiger partial charge is 0.240 e. The summed E-state index contributed by atoms with van der Waals surface area (Å²) in [7, 11) is -3.42. The lowest BCUT2D eigenvalue weighted by Crippen LogP contribution is -2.23. The molecule has 0 radical (unpaired) electrons. The lowest BCUT2D eigenvalue weighted by molar-refractivity contribution is 0.584. The topological polar surface area (TPSA) is 84.0 Å². The van der Waals surface area contributed by atoms with Gasteiger partial charge in [0.25, 0.3) is 0 Å². The number of nitrogens with zero attached hydrogens (tertiary/aromatic N) is 2. The molecule has 3 aromatic rings. The van der Waals surface area contributed by atoms with Crippen molar-refractivity contribution in [2.24, 2.45) is 0 Å². The number of aryl methyl sites for hydroxylation is 2. The molecule has 25 heavy (non-hydrogen) atoms. The van der Waals surface area contributed by atoms with Crippen molar-refractivity contribution in [1.29, 1.82) is 0 Å². The summed E-state index contributed by atoms with van der Waals surface area (Å²) in [5.41, 5.74) is 2.13. The summed E-state index contributed by atoms with van der Waals surface area (Å²) < 4.78 is 26.4. The number of sulfonamides is 1.